The summed E-state index contributed by atoms with van der Waals surface area (Å²) in [5.41, 5.74) is 1.03. The molecule has 1 unspecified atom stereocenters. The van der Waals surface area contributed by atoms with Crippen molar-refractivity contribution in [2.75, 3.05) is 19.7 Å². The molecule has 2 N–H and O–H groups in total. The highest BCUT2D eigenvalue weighted by molar-refractivity contribution is 5.74. The molecule has 1 aromatic carbocycles. The van der Waals surface area contributed by atoms with E-state index >= 15 is 0 Å². The fourth-order valence-electron chi connectivity index (χ4n) is 2.40. The van der Waals surface area contributed by atoms with Crippen molar-refractivity contribution in [3.05, 3.63) is 29.8 Å². The van der Waals surface area contributed by atoms with Gasteiger partial charge in [0, 0.05) is 19.6 Å². The van der Waals surface area contributed by atoms with Crippen LogP contribution < -0.4 is 10.1 Å². The molecule has 1 aromatic rings. The molecule has 0 radical (unpaired) electrons. The number of urea groups is 1. The van der Waals surface area contributed by atoms with E-state index in [0.29, 0.717) is 32.2 Å². The van der Waals surface area contributed by atoms with Crippen molar-refractivity contribution in [1.29, 1.82) is 0 Å². The lowest BCUT2D eigenvalue weighted by atomic mass is 10.1. The van der Waals surface area contributed by atoms with Gasteiger partial charge in [0.2, 0.25) is 0 Å². The highest BCUT2D eigenvalue weighted by Crippen LogP contribution is 2.14. The van der Waals surface area contributed by atoms with Crippen molar-refractivity contribution in [3.8, 4) is 5.75 Å². The number of carbonyl (C=O) groups is 1. The lowest BCUT2D eigenvalue weighted by Crippen LogP contribution is -2.46. The maximum atomic E-state index is 12.0. The van der Waals surface area contributed by atoms with Crippen molar-refractivity contribution >= 4 is 6.03 Å². The number of rotatable bonds is 5. The molecule has 2 amide bonds. The van der Waals surface area contributed by atoms with Crippen LogP contribution in [-0.4, -0.2) is 41.8 Å². The van der Waals surface area contributed by atoms with E-state index in [0.717, 1.165) is 24.2 Å². The van der Waals surface area contributed by atoms with Gasteiger partial charge in [0.15, 0.2) is 0 Å². The van der Waals surface area contributed by atoms with Gasteiger partial charge in [-0.1, -0.05) is 26.0 Å². The van der Waals surface area contributed by atoms with Crippen LogP contribution in [0.4, 0.5) is 4.79 Å². The van der Waals surface area contributed by atoms with Gasteiger partial charge in [0.25, 0.3) is 0 Å². The van der Waals surface area contributed by atoms with Crippen LogP contribution in [0, 0.1) is 5.92 Å². The minimum absolute atomic E-state index is 0.112. The predicted molar refractivity (Wildman–Crippen MR) is 85.8 cm³/mol. The number of carbonyl (C=O) groups excluding carboxylic acids is 1. The number of β-amino-alcohol motifs (C(OH)–C–C–N with tert-alkyl or cyclic N) is 1. The summed E-state index contributed by atoms with van der Waals surface area (Å²) in [7, 11) is 0. The van der Waals surface area contributed by atoms with E-state index in [1.807, 2.05) is 24.3 Å². The maximum Gasteiger partial charge on any atom is 0.317 e. The molecule has 2 rings (SSSR count). The number of aliphatic hydroxyl groups excluding tert-OH is 1. The number of piperidine rings is 1. The number of hydrogen-bond donors (Lipinski definition) is 2. The molecule has 0 spiro atoms. The number of ether oxygens (including phenoxy) is 1. The van der Waals surface area contributed by atoms with E-state index in [1.165, 1.54) is 0 Å². The van der Waals surface area contributed by atoms with Crippen LogP contribution in [0.15, 0.2) is 24.3 Å². The molecule has 22 heavy (non-hydrogen) atoms. The van der Waals surface area contributed by atoms with Gasteiger partial charge in [-0.2, -0.15) is 0 Å². The first-order chi connectivity index (χ1) is 10.5. The van der Waals surface area contributed by atoms with Crippen LogP contribution in [0.25, 0.3) is 0 Å². The molecular formula is C17H26N2O3. The second-order valence-electron chi connectivity index (χ2n) is 6.25. The Morgan fingerprint density at radius 3 is 2.77 bits per heavy atom. The van der Waals surface area contributed by atoms with E-state index in [9.17, 15) is 9.90 Å². The minimum atomic E-state index is -0.392. The first kappa shape index (κ1) is 16.6. The van der Waals surface area contributed by atoms with Crippen LogP contribution in [0.3, 0.4) is 0 Å². The summed E-state index contributed by atoms with van der Waals surface area (Å²) in [5, 5.41) is 12.5. The summed E-state index contributed by atoms with van der Waals surface area (Å²) in [6, 6.07) is 7.66. The lowest BCUT2D eigenvalue weighted by Gasteiger charge is -2.30. The highest BCUT2D eigenvalue weighted by atomic mass is 16.5. The van der Waals surface area contributed by atoms with Crippen LogP contribution in [0.1, 0.15) is 32.3 Å². The van der Waals surface area contributed by atoms with Crippen molar-refractivity contribution in [1.82, 2.24) is 10.2 Å². The molecule has 5 nitrogen and oxygen atoms in total. The van der Waals surface area contributed by atoms with E-state index < -0.39 is 6.10 Å². The number of nitrogens with one attached hydrogen (secondary N) is 1. The Hall–Kier alpha value is -1.75. The van der Waals surface area contributed by atoms with Crippen LogP contribution in [0.5, 0.6) is 5.75 Å². The molecule has 1 aliphatic heterocycles. The zero-order valence-electron chi connectivity index (χ0n) is 13.4. The predicted octanol–water partition coefficient (Wildman–Crippen LogP) is 2.39. The average Bonchev–Trinajstić information content (AvgIpc) is 2.51. The number of nitrogens with zero attached hydrogens (tertiary/aromatic N) is 1. The smallest absolute Gasteiger partial charge is 0.317 e. The number of aliphatic hydroxyl groups is 1. The van der Waals surface area contributed by atoms with Crippen molar-refractivity contribution in [2.24, 2.45) is 5.92 Å². The molecule has 1 saturated heterocycles. The van der Waals surface area contributed by atoms with E-state index in [4.69, 9.17) is 4.74 Å². The Morgan fingerprint density at radius 2 is 2.14 bits per heavy atom. The molecule has 0 bridgehead atoms. The third kappa shape index (κ3) is 5.22. The third-order valence-electron chi connectivity index (χ3n) is 3.63. The van der Waals surface area contributed by atoms with Crippen molar-refractivity contribution in [2.45, 2.75) is 39.3 Å². The van der Waals surface area contributed by atoms with Gasteiger partial charge in [-0.3, -0.25) is 0 Å². The van der Waals surface area contributed by atoms with E-state index in [2.05, 4.69) is 19.2 Å². The first-order valence-electron chi connectivity index (χ1n) is 7.97. The maximum absolute atomic E-state index is 12.0. The van der Waals surface area contributed by atoms with Crippen molar-refractivity contribution in [3.63, 3.8) is 0 Å². The van der Waals surface area contributed by atoms with E-state index in [-0.39, 0.29) is 6.03 Å². The normalized spacial score (nSPS) is 18.4. The SMILES string of the molecule is CC(C)COc1ccc(CNC(=O)N2CCCC(O)C2)cc1. The molecule has 1 aliphatic rings. The van der Waals surface area contributed by atoms with Gasteiger partial charge >= 0.3 is 6.03 Å². The van der Waals surface area contributed by atoms with Gasteiger partial charge in [-0.15, -0.1) is 0 Å². The fourth-order valence-corrected chi connectivity index (χ4v) is 2.40. The zero-order valence-corrected chi connectivity index (χ0v) is 13.4. The summed E-state index contributed by atoms with van der Waals surface area (Å²) in [5.74, 6) is 1.35. The van der Waals surface area contributed by atoms with Gasteiger partial charge in [0.05, 0.1) is 12.7 Å². The number of benzene rings is 1. The molecule has 1 fully saturated rings. The molecule has 122 valence electrons. The molecule has 5 heteroatoms. The molecule has 1 heterocycles. The highest BCUT2D eigenvalue weighted by Gasteiger charge is 2.21. The standard InChI is InChI=1S/C17H26N2O3/c1-13(2)12-22-16-7-5-14(6-8-16)10-18-17(21)19-9-3-4-15(20)11-19/h5-8,13,15,20H,3-4,9-12H2,1-2H3,(H,18,21). The minimum Gasteiger partial charge on any atom is -0.493 e. The molecule has 0 aromatic heterocycles. The quantitative estimate of drug-likeness (QED) is 0.878. The number of amides is 2. The van der Waals surface area contributed by atoms with Crippen LogP contribution >= 0.6 is 0 Å². The fraction of sp³-hybridized carbons (Fsp3) is 0.588. The Balaban J connectivity index is 1.77. The summed E-state index contributed by atoms with van der Waals surface area (Å²) < 4.78 is 5.63. The van der Waals surface area contributed by atoms with Crippen LogP contribution in [-0.2, 0) is 6.54 Å². The summed E-state index contributed by atoms with van der Waals surface area (Å²) in [4.78, 5) is 13.7. The van der Waals surface area contributed by atoms with Crippen molar-refractivity contribution < 1.29 is 14.6 Å². The summed E-state index contributed by atoms with van der Waals surface area (Å²) in [6.45, 7) is 6.55. The number of likely N-dealkylation sites (tertiary alicyclic amines) is 1. The Kier molecular flexibility index (Phi) is 6.07. The van der Waals surface area contributed by atoms with Gasteiger partial charge in [-0.25, -0.2) is 4.79 Å². The topological polar surface area (TPSA) is 61.8 Å². The van der Waals surface area contributed by atoms with Gasteiger partial charge < -0.3 is 20.1 Å². The first-order valence-corrected chi connectivity index (χ1v) is 7.97. The van der Waals surface area contributed by atoms with Crippen LogP contribution in [0.2, 0.25) is 0 Å². The molecule has 0 saturated carbocycles. The zero-order chi connectivity index (χ0) is 15.9. The molecule has 0 aliphatic carbocycles. The second-order valence-corrected chi connectivity index (χ2v) is 6.25. The number of hydrogen-bond acceptors (Lipinski definition) is 3. The Labute approximate surface area is 132 Å². The van der Waals surface area contributed by atoms with Gasteiger partial charge in [0.1, 0.15) is 5.75 Å². The third-order valence-corrected chi connectivity index (χ3v) is 3.63. The lowest BCUT2D eigenvalue weighted by molar-refractivity contribution is 0.0842. The Bertz CT molecular complexity index is 473. The summed E-state index contributed by atoms with van der Waals surface area (Å²) in [6.07, 6.45) is 1.25. The average molecular weight is 306 g/mol. The van der Waals surface area contributed by atoms with Gasteiger partial charge in [-0.05, 0) is 36.5 Å². The summed E-state index contributed by atoms with van der Waals surface area (Å²) >= 11 is 0. The second kappa shape index (κ2) is 8.03. The molecular weight excluding hydrogens is 280 g/mol. The monoisotopic (exact) mass is 306 g/mol. The molecule has 1 atom stereocenters. The largest absolute Gasteiger partial charge is 0.493 e. The Morgan fingerprint density at radius 1 is 1.41 bits per heavy atom. The van der Waals surface area contributed by atoms with E-state index in [1.54, 1.807) is 4.90 Å².